The summed E-state index contributed by atoms with van der Waals surface area (Å²) in [4.78, 5) is 0. The number of allylic oxidation sites excluding steroid dienone is 3. The van der Waals surface area contributed by atoms with Gasteiger partial charge in [-0.05, 0) is 61.6 Å². The van der Waals surface area contributed by atoms with Crippen molar-refractivity contribution in [3.8, 4) is 5.75 Å². The highest BCUT2D eigenvalue weighted by Crippen LogP contribution is 2.60. The maximum absolute atomic E-state index is 13.9. The van der Waals surface area contributed by atoms with E-state index in [1.54, 1.807) is 0 Å². The number of aliphatic hydroxyl groups is 1. The number of ether oxygens (including phenoxy) is 2. The number of aliphatic hydroxyl groups excluding tert-OH is 1. The van der Waals surface area contributed by atoms with Crippen LogP contribution in [-0.2, 0) is 11.3 Å². The second-order valence-electron chi connectivity index (χ2n) is 11.6. The van der Waals surface area contributed by atoms with Crippen LogP contribution in [0, 0.1) is 17.8 Å². The van der Waals surface area contributed by atoms with Crippen LogP contribution in [0.15, 0.2) is 48.6 Å². The zero-order valence-electron chi connectivity index (χ0n) is 26.1. The van der Waals surface area contributed by atoms with Crippen molar-refractivity contribution < 1.29 is 71.7 Å². The Bertz CT molecular complexity index is 1130. The second kappa shape index (κ2) is 16.8. The topological polar surface area (TPSA) is 38.7 Å². The summed E-state index contributed by atoms with van der Waals surface area (Å²) in [5.41, 5.74) is 0.654. The summed E-state index contributed by atoms with van der Waals surface area (Å²) in [6.45, 7) is 7.29. The normalized spacial score (nSPS) is 16.9. The average Bonchev–Trinajstić information content (AvgIpc) is 2.97. The Labute approximate surface area is 264 Å². The molecule has 1 rings (SSSR count). The quantitative estimate of drug-likeness (QED) is 0.0834. The Kier molecular flexibility index (Phi) is 15.2. The van der Waals surface area contributed by atoms with Gasteiger partial charge in [0.05, 0.1) is 19.3 Å². The molecule has 0 saturated carbocycles. The molecule has 0 aromatic heterocycles. The van der Waals surface area contributed by atoms with E-state index in [1.165, 1.54) is 24.3 Å². The molecule has 16 heteroatoms. The summed E-state index contributed by atoms with van der Waals surface area (Å²) >= 11 is 0. The van der Waals surface area contributed by atoms with Crippen LogP contribution in [0.5, 0.6) is 5.75 Å². The van der Waals surface area contributed by atoms with Crippen LogP contribution >= 0.6 is 0 Å². The first-order chi connectivity index (χ1) is 21.4. The lowest BCUT2D eigenvalue weighted by Gasteiger charge is -2.39. The minimum Gasteiger partial charge on any atom is -0.494 e. The maximum atomic E-state index is 13.9. The van der Waals surface area contributed by atoms with E-state index in [1.807, 2.05) is 39.0 Å². The first-order valence-corrected chi connectivity index (χ1v) is 14.6. The van der Waals surface area contributed by atoms with Crippen molar-refractivity contribution in [2.45, 2.75) is 102 Å². The average molecular weight is 707 g/mol. The number of benzene rings is 1. The molecule has 1 aromatic rings. The molecule has 0 fully saturated rings. The van der Waals surface area contributed by atoms with Crippen molar-refractivity contribution >= 4 is 0 Å². The largest absolute Gasteiger partial charge is 0.494 e. The highest BCUT2D eigenvalue weighted by Gasteiger charge is 2.90. The molecule has 0 saturated heterocycles. The first-order valence-electron chi connectivity index (χ1n) is 14.6. The smallest absolute Gasteiger partial charge is 0.460 e. The minimum atomic E-state index is -7.91. The molecule has 0 radical (unpaired) electrons. The van der Waals surface area contributed by atoms with Crippen LogP contribution in [0.4, 0.5) is 57.1 Å². The van der Waals surface area contributed by atoms with Gasteiger partial charge in [-0.15, -0.1) is 0 Å². The Morgan fingerprint density at radius 1 is 0.702 bits per heavy atom. The summed E-state index contributed by atoms with van der Waals surface area (Å²) in [5.74, 6) is -36.3. The van der Waals surface area contributed by atoms with Gasteiger partial charge in [0.25, 0.3) is 0 Å². The van der Waals surface area contributed by atoms with Crippen LogP contribution in [-0.4, -0.2) is 60.2 Å². The summed E-state index contributed by atoms with van der Waals surface area (Å²) in [6, 6.07) is 5.70. The molecule has 0 amide bonds. The van der Waals surface area contributed by atoms with E-state index in [2.05, 4.69) is 13.0 Å². The van der Waals surface area contributed by atoms with Crippen molar-refractivity contribution in [3.05, 3.63) is 54.1 Å². The summed E-state index contributed by atoms with van der Waals surface area (Å²) in [6.07, 6.45) is -1.32. The third-order valence-electron chi connectivity index (χ3n) is 7.34. The van der Waals surface area contributed by atoms with E-state index in [-0.39, 0.29) is 36.9 Å². The number of hydrogen-bond donors (Lipinski definition) is 1. The van der Waals surface area contributed by atoms with Gasteiger partial charge in [0.15, 0.2) is 0 Å². The predicted molar refractivity (Wildman–Crippen MR) is 148 cm³/mol. The van der Waals surface area contributed by atoms with Gasteiger partial charge in [-0.2, -0.15) is 57.1 Å². The van der Waals surface area contributed by atoms with Crippen LogP contribution in [0.1, 0.15) is 58.9 Å². The molecule has 0 unspecified atom stereocenters. The van der Waals surface area contributed by atoms with Crippen LogP contribution in [0.3, 0.4) is 0 Å². The minimum absolute atomic E-state index is 0.00356. The highest BCUT2D eigenvalue weighted by atomic mass is 19.4. The molecule has 47 heavy (non-hydrogen) atoms. The van der Waals surface area contributed by atoms with E-state index in [0.717, 1.165) is 12.8 Å². The zero-order valence-corrected chi connectivity index (χ0v) is 26.1. The van der Waals surface area contributed by atoms with Gasteiger partial charge in [0.2, 0.25) is 0 Å². The van der Waals surface area contributed by atoms with E-state index in [4.69, 9.17) is 14.6 Å². The van der Waals surface area contributed by atoms with E-state index in [0.29, 0.717) is 11.5 Å². The molecule has 0 spiro atoms. The van der Waals surface area contributed by atoms with E-state index >= 15 is 0 Å². The Morgan fingerprint density at radius 2 is 1.23 bits per heavy atom. The third-order valence-corrected chi connectivity index (χ3v) is 7.34. The van der Waals surface area contributed by atoms with Crippen molar-refractivity contribution in [1.82, 2.24) is 0 Å². The summed E-state index contributed by atoms with van der Waals surface area (Å²) in [5, 5.41) is 9.06. The third kappa shape index (κ3) is 10.8. The van der Waals surface area contributed by atoms with Gasteiger partial charge in [-0.25, -0.2) is 0 Å². The second-order valence-corrected chi connectivity index (χ2v) is 11.6. The van der Waals surface area contributed by atoms with Gasteiger partial charge in [0.1, 0.15) is 5.75 Å². The van der Waals surface area contributed by atoms with Crippen molar-refractivity contribution in [2.75, 3.05) is 13.2 Å². The predicted octanol–water partition coefficient (Wildman–Crippen LogP) is 10.3. The fourth-order valence-corrected chi connectivity index (χ4v) is 3.87. The Morgan fingerprint density at radius 3 is 1.77 bits per heavy atom. The van der Waals surface area contributed by atoms with Crippen molar-refractivity contribution in [2.24, 2.45) is 17.8 Å². The summed E-state index contributed by atoms with van der Waals surface area (Å²) in [7, 11) is 0. The van der Waals surface area contributed by atoms with Crippen molar-refractivity contribution in [3.63, 3.8) is 0 Å². The fraction of sp³-hybridized carbons (Fsp3) is 0.677. The summed E-state index contributed by atoms with van der Waals surface area (Å²) < 4.78 is 183. The zero-order chi connectivity index (χ0) is 36.5. The number of rotatable bonds is 20. The van der Waals surface area contributed by atoms with Crippen LogP contribution in [0.2, 0.25) is 0 Å². The molecular weight excluding hydrogens is 667 g/mol. The SMILES string of the molecule is C[C@@H](CO)C/C=C/[C@H](C)C/C=C/[C@H](C)[C@@H](C)OCc1ccc(OCCCC(F)(F)C(F)(F)C(F)(F)C(F)(F)C(F)(F)C(F)(F)F)cc1. The van der Waals surface area contributed by atoms with Gasteiger partial charge >= 0.3 is 35.8 Å². The monoisotopic (exact) mass is 706 g/mol. The number of alkyl halides is 13. The molecule has 272 valence electrons. The molecule has 0 aliphatic rings. The lowest BCUT2D eigenvalue weighted by molar-refractivity contribution is -0.440. The molecular formula is C31H39F13O3. The number of halogens is 13. The Hall–Kier alpha value is -2.49. The van der Waals surface area contributed by atoms with E-state index < -0.39 is 55.2 Å². The molecule has 0 bridgehead atoms. The molecule has 1 N–H and O–H groups in total. The molecule has 1 aromatic carbocycles. The molecule has 0 aliphatic heterocycles. The van der Waals surface area contributed by atoms with Gasteiger partial charge < -0.3 is 14.6 Å². The lowest BCUT2D eigenvalue weighted by atomic mass is 9.92. The van der Waals surface area contributed by atoms with Gasteiger partial charge in [-0.3, -0.25) is 0 Å². The standard InChI is InChI=1S/C31H39F13O3/c1-20(8-5-10-21(2)18-45)9-6-11-22(3)23(4)47-19-24-12-14-25(15-13-24)46-17-7-16-26(32,33)27(34,35)28(36,37)29(38,39)30(40,41)31(42,43)44/h5-6,8,11-15,20-23,45H,7,9-10,16-19H2,1-4H3/b8-5+,11-6+/t20-,21+,22-,23+/m0/s1. The molecule has 3 nitrogen and oxygen atoms in total. The van der Waals surface area contributed by atoms with Gasteiger partial charge in [0, 0.05) is 13.0 Å². The lowest BCUT2D eigenvalue weighted by Crippen LogP contribution is -2.70. The van der Waals surface area contributed by atoms with Crippen LogP contribution in [0.25, 0.3) is 0 Å². The first kappa shape index (κ1) is 42.5. The fourth-order valence-electron chi connectivity index (χ4n) is 3.87. The van der Waals surface area contributed by atoms with E-state index in [9.17, 15) is 57.1 Å². The van der Waals surface area contributed by atoms with Crippen molar-refractivity contribution in [1.29, 1.82) is 0 Å². The van der Waals surface area contributed by atoms with Gasteiger partial charge in [-0.1, -0.05) is 57.2 Å². The highest BCUT2D eigenvalue weighted by molar-refractivity contribution is 5.27. The maximum Gasteiger partial charge on any atom is 0.460 e. The Balaban J connectivity index is 2.62. The van der Waals surface area contributed by atoms with Crippen LogP contribution < -0.4 is 4.74 Å². The molecule has 0 heterocycles. The molecule has 0 aliphatic carbocycles. The molecule has 4 atom stereocenters. The number of hydrogen-bond acceptors (Lipinski definition) is 3.